The molecular formula is C12H19NO2. The Morgan fingerprint density at radius 1 is 1.47 bits per heavy atom. The third-order valence-electron chi connectivity index (χ3n) is 3.45. The zero-order valence-corrected chi connectivity index (χ0v) is 9.32. The molecule has 84 valence electrons. The van der Waals surface area contributed by atoms with E-state index in [1.54, 1.807) is 0 Å². The molecule has 0 aromatic heterocycles. The standard InChI is InChI=1S/C12H19NO2/c1-15-12(14)10-7-8-13(9-10)11-5-3-2-4-6-11/h3,5,10-11H,2,4,6-9H2,1H3. The SMILES string of the molecule is COC(=O)C1CCN(C2C=CCCC2)C1. The van der Waals surface area contributed by atoms with Gasteiger partial charge in [-0.25, -0.2) is 0 Å². The van der Waals surface area contributed by atoms with E-state index in [-0.39, 0.29) is 11.9 Å². The van der Waals surface area contributed by atoms with Gasteiger partial charge in [0.15, 0.2) is 0 Å². The van der Waals surface area contributed by atoms with Crippen molar-refractivity contribution in [2.75, 3.05) is 20.2 Å². The molecule has 0 aromatic rings. The first-order chi connectivity index (χ1) is 7.31. The molecule has 3 nitrogen and oxygen atoms in total. The van der Waals surface area contributed by atoms with Gasteiger partial charge in [-0.1, -0.05) is 12.2 Å². The van der Waals surface area contributed by atoms with Gasteiger partial charge in [0.2, 0.25) is 0 Å². The predicted molar refractivity (Wildman–Crippen MR) is 58.5 cm³/mol. The van der Waals surface area contributed by atoms with E-state index in [1.165, 1.54) is 26.4 Å². The monoisotopic (exact) mass is 209 g/mol. The fraction of sp³-hybridized carbons (Fsp3) is 0.750. The van der Waals surface area contributed by atoms with Crippen molar-refractivity contribution in [3.05, 3.63) is 12.2 Å². The number of rotatable bonds is 2. The second-order valence-electron chi connectivity index (χ2n) is 4.43. The van der Waals surface area contributed by atoms with Crippen LogP contribution in [0.15, 0.2) is 12.2 Å². The molecule has 3 heteroatoms. The van der Waals surface area contributed by atoms with E-state index in [4.69, 9.17) is 4.74 Å². The molecule has 0 radical (unpaired) electrons. The lowest BCUT2D eigenvalue weighted by Gasteiger charge is -2.27. The van der Waals surface area contributed by atoms with Gasteiger partial charge in [0, 0.05) is 12.6 Å². The van der Waals surface area contributed by atoms with Crippen LogP contribution in [-0.2, 0) is 9.53 Å². The third kappa shape index (κ3) is 2.40. The molecule has 2 aliphatic rings. The number of likely N-dealkylation sites (tertiary alicyclic amines) is 1. The molecule has 0 N–H and O–H groups in total. The molecule has 1 heterocycles. The van der Waals surface area contributed by atoms with E-state index in [0.717, 1.165) is 19.5 Å². The molecular weight excluding hydrogens is 190 g/mol. The normalized spacial score (nSPS) is 31.8. The number of ether oxygens (including phenoxy) is 1. The summed E-state index contributed by atoms with van der Waals surface area (Å²) in [5, 5.41) is 0. The van der Waals surface area contributed by atoms with Crippen LogP contribution in [0.2, 0.25) is 0 Å². The van der Waals surface area contributed by atoms with Gasteiger partial charge in [-0.05, 0) is 32.2 Å². The number of nitrogens with zero attached hydrogens (tertiary/aromatic N) is 1. The second-order valence-corrected chi connectivity index (χ2v) is 4.43. The Kier molecular flexibility index (Phi) is 3.41. The molecule has 2 atom stereocenters. The Labute approximate surface area is 91.1 Å². The maximum atomic E-state index is 11.4. The van der Waals surface area contributed by atoms with Gasteiger partial charge in [-0.2, -0.15) is 0 Å². The first-order valence-corrected chi connectivity index (χ1v) is 5.80. The van der Waals surface area contributed by atoms with Crippen LogP contribution in [0.4, 0.5) is 0 Å². The zero-order chi connectivity index (χ0) is 10.7. The van der Waals surface area contributed by atoms with Crippen LogP contribution >= 0.6 is 0 Å². The van der Waals surface area contributed by atoms with Gasteiger partial charge in [-0.3, -0.25) is 9.69 Å². The molecule has 0 amide bonds. The van der Waals surface area contributed by atoms with E-state index in [2.05, 4.69) is 17.1 Å². The minimum Gasteiger partial charge on any atom is -0.469 e. The summed E-state index contributed by atoms with van der Waals surface area (Å²) < 4.78 is 4.79. The largest absolute Gasteiger partial charge is 0.469 e. The van der Waals surface area contributed by atoms with E-state index in [9.17, 15) is 4.79 Å². The van der Waals surface area contributed by atoms with Crippen LogP contribution in [0.1, 0.15) is 25.7 Å². The molecule has 2 rings (SSSR count). The molecule has 0 spiro atoms. The summed E-state index contributed by atoms with van der Waals surface area (Å²) in [5.41, 5.74) is 0. The number of hydrogen-bond donors (Lipinski definition) is 0. The van der Waals surface area contributed by atoms with Crippen LogP contribution in [0.25, 0.3) is 0 Å². The highest BCUT2D eigenvalue weighted by atomic mass is 16.5. The van der Waals surface area contributed by atoms with Crippen LogP contribution in [0, 0.1) is 5.92 Å². The van der Waals surface area contributed by atoms with Crippen molar-refractivity contribution in [2.45, 2.75) is 31.7 Å². The van der Waals surface area contributed by atoms with Gasteiger partial charge >= 0.3 is 5.97 Å². The Hall–Kier alpha value is -0.830. The smallest absolute Gasteiger partial charge is 0.310 e. The second kappa shape index (κ2) is 4.79. The molecule has 2 unspecified atom stereocenters. The number of esters is 1. The summed E-state index contributed by atoms with van der Waals surface area (Å²) in [6.45, 7) is 1.91. The Balaban J connectivity index is 1.89. The van der Waals surface area contributed by atoms with Crippen molar-refractivity contribution < 1.29 is 9.53 Å². The molecule has 0 bridgehead atoms. The average Bonchev–Trinajstić information content (AvgIpc) is 2.78. The highest BCUT2D eigenvalue weighted by Gasteiger charge is 2.32. The quantitative estimate of drug-likeness (QED) is 0.511. The van der Waals surface area contributed by atoms with Crippen LogP contribution in [0.5, 0.6) is 0 Å². The third-order valence-corrected chi connectivity index (χ3v) is 3.45. The Bertz CT molecular complexity index is 262. The van der Waals surface area contributed by atoms with Gasteiger partial charge in [0.05, 0.1) is 13.0 Å². The van der Waals surface area contributed by atoms with E-state index in [1.807, 2.05) is 0 Å². The fourth-order valence-electron chi connectivity index (χ4n) is 2.55. The molecule has 0 aromatic carbocycles. The van der Waals surface area contributed by atoms with Crippen molar-refractivity contribution >= 4 is 5.97 Å². The summed E-state index contributed by atoms with van der Waals surface area (Å²) in [6, 6.07) is 0.563. The molecule has 1 aliphatic heterocycles. The number of hydrogen-bond acceptors (Lipinski definition) is 3. The number of carbonyl (C=O) groups is 1. The number of allylic oxidation sites excluding steroid dienone is 1. The zero-order valence-electron chi connectivity index (χ0n) is 9.32. The minimum absolute atomic E-state index is 0.0442. The van der Waals surface area contributed by atoms with Crippen molar-refractivity contribution in [2.24, 2.45) is 5.92 Å². The lowest BCUT2D eigenvalue weighted by Crippen LogP contribution is -2.33. The summed E-state index contributed by atoms with van der Waals surface area (Å²) in [7, 11) is 1.48. The van der Waals surface area contributed by atoms with Crippen molar-refractivity contribution in [3.8, 4) is 0 Å². The minimum atomic E-state index is -0.0442. The van der Waals surface area contributed by atoms with Crippen molar-refractivity contribution in [1.82, 2.24) is 4.90 Å². The first-order valence-electron chi connectivity index (χ1n) is 5.80. The summed E-state index contributed by atoms with van der Waals surface area (Å²) >= 11 is 0. The predicted octanol–water partition coefficient (Wildman–Crippen LogP) is 1.59. The highest BCUT2D eigenvalue weighted by molar-refractivity contribution is 5.72. The topological polar surface area (TPSA) is 29.5 Å². The number of methoxy groups -OCH3 is 1. The Morgan fingerprint density at radius 3 is 3.00 bits per heavy atom. The highest BCUT2D eigenvalue weighted by Crippen LogP contribution is 2.24. The molecule has 1 aliphatic carbocycles. The average molecular weight is 209 g/mol. The van der Waals surface area contributed by atoms with Crippen LogP contribution in [0.3, 0.4) is 0 Å². The maximum absolute atomic E-state index is 11.4. The van der Waals surface area contributed by atoms with Gasteiger partial charge < -0.3 is 4.74 Å². The van der Waals surface area contributed by atoms with Gasteiger partial charge in [0.1, 0.15) is 0 Å². The van der Waals surface area contributed by atoms with Crippen LogP contribution in [-0.4, -0.2) is 37.1 Å². The number of carbonyl (C=O) groups excluding carboxylic acids is 1. The van der Waals surface area contributed by atoms with Gasteiger partial charge in [0.25, 0.3) is 0 Å². The fourth-order valence-corrected chi connectivity index (χ4v) is 2.55. The Morgan fingerprint density at radius 2 is 2.33 bits per heavy atom. The van der Waals surface area contributed by atoms with E-state index in [0.29, 0.717) is 6.04 Å². The molecule has 0 saturated carbocycles. The first kappa shape index (κ1) is 10.7. The summed E-state index contributed by atoms with van der Waals surface area (Å²) in [6.07, 6.45) is 9.25. The van der Waals surface area contributed by atoms with E-state index >= 15 is 0 Å². The van der Waals surface area contributed by atoms with Gasteiger partial charge in [-0.15, -0.1) is 0 Å². The lowest BCUT2D eigenvalue weighted by atomic mass is 10.0. The van der Waals surface area contributed by atoms with Crippen LogP contribution < -0.4 is 0 Å². The maximum Gasteiger partial charge on any atom is 0.310 e. The van der Waals surface area contributed by atoms with Crippen molar-refractivity contribution in [3.63, 3.8) is 0 Å². The van der Waals surface area contributed by atoms with Crippen molar-refractivity contribution in [1.29, 1.82) is 0 Å². The van der Waals surface area contributed by atoms with E-state index < -0.39 is 0 Å². The molecule has 15 heavy (non-hydrogen) atoms. The summed E-state index contributed by atoms with van der Waals surface area (Å²) in [4.78, 5) is 13.8. The molecule has 1 saturated heterocycles. The summed E-state index contributed by atoms with van der Waals surface area (Å²) in [5.74, 6) is 0.0580. The molecule has 1 fully saturated rings. The lowest BCUT2D eigenvalue weighted by molar-refractivity contribution is -0.144.